The van der Waals surface area contributed by atoms with Crippen molar-refractivity contribution in [2.75, 3.05) is 6.54 Å². The van der Waals surface area contributed by atoms with Crippen molar-refractivity contribution in [1.29, 1.82) is 0 Å². The topological polar surface area (TPSA) is 195 Å². The number of thiophene rings is 1. The van der Waals surface area contributed by atoms with E-state index < -0.39 is 74.7 Å². The van der Waals surface area contributed by atoms with E-state index in [1.807, 2.05) is 41.8 Å². The molecule has 1 saturated heterocycles. The van der Waals surface area contributed by atoms with Gasteiger partial charge >= 0.3 is 6.16 Å². The lowest BCUT2D eigenvalue weighted by Crippen LogP contribution is -2.58. The number of sulfonamides is 1. The zero-order chi connectivity index (χ0) is 38.2. The maximum absolute atomic E-state index is 14.4. The number of fused-ring (bicyclic) bond motifs is 1. The monoisotopic (exact) mass is 780 g/mol. The molecule has 3 aliphatic carbocycles. The van der Waals surface area contributed by atoms with E-state index in [0.717, 1.165) is 30.6 Å². The van der Waals surface area contributed by atoms with Crippen LogP contribution in [0.1, 0.15) is 65.2 Å². The van der Waals surface area contributed by atoms with E-state index >= 15 is 0 Å². The summed E-state index contributed by atoms with van der Waals surface area (Å²) in [5, 5.41) is 4.05. The minimum atomic E-state index is -3.91. The minimum Gasteiger partial charge on any atom is -0.471 e. The molecule has 0 spiro atoms. The number of hydroxylamine groups is 1. The van der Waals surface area contributed by atoms with Gasteiger partial charge in [0.05, 0.1) is 27.7 Å². The molecule has 3 amide bonds. The fraction of sp³-hybridized carbons (Fsp3) is 0.514. The van der Waals surface area contributed by atoms with Crippen molar-refractivity contribution in [3.8, 4) is 16.5 Å². The first kappa shape index (κ1) is 37.7. The number of ether oxygens (including phenoxy) is 2. The average Bonchev–Trinajstić information content (AvgIpc) is 3.89. The number of nitrogens with zero attached hydrogens (tertiary/aromatic N) is 3. The molecule has 3 aromatic rings. The highest BCUT2D eigenvalue weighted by Gasteiger charge is 2.62. The molecule has 3 saturated carbocycles. The molecule has 3 N–H and O–H groups in total. The smallest absolute Gasteiger partial charge is 0.471 e. The molecule has 5 atom stereocenters. The van der Waals surface area contributed by atoms with E-state index in [-0.39, 0.29) is 31.4 Å². The van der Waals surface area contributed by atoms with Crippen molar-refractivity contribution in [2.24, 2.45) is 11.8 Å². The van der Waals surface area contributed by atoms with Crippen LogP contribution in [-0.2, 0) is 34.0 Å². The van der Waals surface area contributed by atoms with Crippen molar-refractivity contribution in [1.82, 2.24) is 30.4 Å². The van der Waals surface area contributed by atoms with E-state index in [4.69, 9.17) is 24.3 Å². The van der Waals surface area contributed by atoms with Gasteiger partial charge < -0.3 is 24.5 Å². The zero-order valence-corrected chi connectivity index (χ0v) is 31.7. The van der Waals surface area contributed by atoms with Gasteiger partial charge in [0, 0.05) is 12.3 Å². The van der Waals surface area contributed by atoms with E-state index in [2.05, 4.69) is 22.1 Å². The summed E-state index contributed by atoms with van der Waals surface area (Å²) in [4.78, 5) is 71.7. The molecule has 0 radical (unpaired) electrons. The number of likely N-dealkylation sites (tertiary alicyclic amines) is 1. The summed E-state index contributed by atoms with van der Waals surface area (Å²) in [6, 6.07) is 8.89. The van der Waals surface area contributed by atoms with Crippen molar-refractivity contribution < 1.29 is 41.9 Å². The largest absolute Gasteiger partial charge is 0.528 e. The molecular weight excluding hydrogens is 737 g/mol. The van der Waals surface area contributed by atoms with Crippen LogP contribution in [0.2, 0.25) is 0 Å². The third kappa shape index (κ3) is 7.93. The Morgan fingerprint density at radius 1 is 1.02 bits per heavy atom. The molecule has 1 aromatic carbocycles. The van der Waals surface area contributed by atoms with Crippen LogP contribution in [0.25, 0.3) is 21.6 Å². The first-order valence-corrected chi connectivity index (χ1v) is 20.7. The molecule has 0 bridgehead atoms. The predicted molar refractivity (Wildman–Crippen MR) is 198 cm³/mol. The molecular formula is C37H44N6O9S2. The Morgan fingerprint density at radius 2 is 1.74 bits per heavy atom. The summed E-state index contributed by atoms with van der Waals surface area (Å²) in [5.74, 6) is -2.79. The van der Waals surface area contributed by atoms with Gasteiger partial charge in [-0.05, 0) is 74.4 Å². The van der Waals surface area contributed by atoms with Gasteiger partial charge in [-0.15, -0.1) is 23.4 Å². The van der Waals surface area contributed by atoms with Gasteiger partial charge in [-0.1, -0.05) is 38.1 Å². The lowest BCUT2D eigenvalue weighted by atomic mass is 10.0. The number of rotatable bonds is 14. The lowest BCUT2D eigenvalue weighted by molar-refractivity contribution is -0.144. The van der Waals surface area contributed by atoms with Crippen LogP contribution < -0.4 is 20.3 Å². The van der Waals surface area contributed by atoms with Gasteiger partial charge in [-0.3, -0.25) is 19.1 Å². The summed E-state index contributed by atoms with van der Waals surface area (Å²) in [6.45, 7) is 7.23. The molecule has 288 valence electrons. The van der Waals surface area contributed by atoms with Gasteiger partial charge in [-0.25, -0.2) is 23.2 Å². The van der Waals surface area contributed by atoms with E-state index in [1.165, 1.54) is 22.3 Å². The van der Waals surface area contributed by atoms with Crippen molar-refractivity contribution in [2.45, 2.75) is 100 Å². The quantitative estimate of drug-likeness (QED) is 0.121. The number of amides is 3. The second-order valence-electron chi connectivity index (χ2n) is 14.7. The molecule has 1 aliphatic heterocycles. The second-order valence-corrected chi connectivity index (χ2v) is 17.6. The van der Waals surface area contributed by atoms with Gasteiger partial charge in [0.15, 0.2) is 0 Å². The molecule has 17 heteroatoms. The van der Waals surface area contributed by atoms with Crippen molar-refractivity contribution >= 4 is 56.3 Å². The third-order valence-electron chi connectivity index (χ3n) is 10.4. The maximum Gasteiger partial charge on any atom is 0.528 e. The van der Waals surface area contributed by atoms with Crippen LogP contribution in [0.15, 0.2) is 54.4 Å². The molecule has 2 aromatic heterocycles. The summed E-state index contributed by atoms with van der Waals surface area (Å²) in [7, 11) is -3.91. The predicted octanol–water partition coefficient (Wildman–Crippen LogP) is 4.00. The number of aromatic nitrogens is 2. The Bertz CT molecular complexity index is 2030. The Labute approximate surface area is 317 Å². The Kier molecular flexibility index (Phi) is 10.7. The second kappa shape index (κ2) is 15.3. The number of carbonyl (C=O) groups is 4. The molecule has 2 unspecified atom stereocenters. The number of carbonyl (C=O) groups excluding carboxylic acids is 4. The Hall–Kier alpha value is -4.61. The highest BCUT2D eigenvalue weighted by Crippen LogP contribution is 2.45. The fourth-order valence-corrected chi connectivity index (χ4v) is 9.19. The number of hydrogen-bond donors (Lipinski definition) is 3. The van der Waals surface area contributed by atoms with Crippen LogP contribution in [0, 0.1) is 11.8 Å². The lowest BCUT2D eigenvalue weighted by Gasteiger charge is -2.30. The summed E-state index contributed by atoms with van der Waals surface area (Å²) in [5.41, 5.74) is 2.78. The maximum atomic E-state index is 14.4. The molecule has 15 nitrogen and oxygen atoms in total. The summed E-state index contributed by atoms with van der Waals surface area (Å²) in [6.07, 6.45) is 3.97. The first-order valence-electron chi connectivity index (χ1n) is 18.3. The molecule has 4 fully saturated rings. The fourth-order valence-electron chi connectivity index (χ4n) is 7.12. The van der Waals surface area contributed by atoms with Crippen molar-refractivity contribution in [3.63, 3.8) is 0 Å². The van der Waals surface area contributed by atoms with E-state index in [1.54, 1.807) is 13.8 Å². The third-order valence-corrected chi connectivity index (χ3v) is 13.1. The molecule has 7 rings (SSSR count). The first-order chi connectivity index (χ1) is 25.9. The average molecular weight is 781 g/mol. The Morgan fingerprint density at radius 3 is 2.37 bits per heavy atom. The van der Waals surface area contributed by atoms with Gasteiger partial charge in [0.1, 0.15) is 35.5 Å². The molecule has 4 aliphatic rings. The SMILES string of the molecule is C=C[C@@H]1CC1(NC(=O)[C@@H]1C[C@@H](Oc2nc3ccccc3nc2-c2cccs2)CN1C(=O)C(NOC(=O)OC1CCCC1)C(C)C)C(=O)NS(=O)(=O)C1CC1. The molecule has 3 heterocycles. The van der Waals surface area contributed by atoms with Crippen LogP contribution in [0.4, 0.5) is 4.79 Å². The minimum absolute atomic E-state index is 0.00217. The zero-order valence-electron chi connectivity index (χ0n) is 30.1. The van der Waals surface area contributed by atoms with E-state index in [9.17, 15) is 27.6 Å². The Balaban J connectivity index is 1.15. The van der Waals surface area contributed by atoms with Crippen LogP contribution in [0.3, 0.4) is 0 Å². The van der Waals surface area contributed by atoms with Crippen LogP contribution >= 0.6 is 11.3 Å². The molecule has 54 heavy (non-hydrogen) atoms. The van der Waals surface area contributed by atoms with Crippen LogP contribution in [-0.4, -0.2) is 88.8 Å². The highest BCUT2D eigenvalue weighted by atomic mass is 32.2. The van der Waals surface area contributed by atoms with Crippen LogP contribution in [0.5, 0.6) is 5.88 Å². The standard InChI is InChI=1S/C37H44N6O9S2/c1-4-22-19-37(22,35(46)42-54(48,49)25-15-16-25)40-32(44)28-18-24(50-33-31(29-14-9-17-53-29)38-26-12-7-8-13-27(26)39-33)20-43(28)34(45)30(21(2)3)41-52-36(47)51-23-10-5-6-11-23/h4,7-9,12-14,17,21-25,28,30,41H,1,5-6,10-11,15-16,18-20H2,2-3H3,(H,40,44)(H,42,46)/t22-,24-,28+,30?,37?/m1/s1. The number of para-hydroxylation sites is 2. The van der Waals surface area contributed by atoms with E-state index in [0.29, 0.717) is 29.6 Å². The number of benzene rings is 1. The normalized spacial score (nSPS) is 24.6. The highest BCUT2D eigenvalue weighted by molar-refractivity contribution is 7.91. The van der Waals surface area contributed by atoms with Gasteiger partial charge in [0.25, 0.3) is 5.91 Å². The summed E-state index contributed by atoms with van der Waals surface area (Å²) >= 11 is 1.46. The summed E-state index contributed by atoms with van der Waals surface area (Å²) < 4.78 is 39.5. The number of nitrogens with one attached hydrogen (secondary N) is 3. The van der Waals surface area contributed by atoms with Crippen molar-refractivity contribution in [3.05, 3.63) is 54.4 Å². The number of hydrogen-bond acceptors (Lipinski definition) is 13. The van der Waals surface area contributed by atoms with Gasteiger partial charge in [-0.2, -0.15) is 0 Å². The van der Waals surface area contributed by atoms with Gasteiger partial charge in [0.2, 0.25) is 27.7 Å².